The maximum atomic E-state index is 12.1. The predicted molar refractivity (Wildman–Crippen MR) is 93.1 cm³/mol. The van der Waals surface area contributed by atoms with Gasteiger partial charge in [0, 0.05) is 6.54 Å². The highest BCUT2D eigenvalue weighted by molar-refractivity contribution is 5.91. The lowest BCUT2D eigenvalue weighted by Gasteiger charge is -2.08. The third-order valence-corrected chi connectivity index (χ3v) is 4.56. The van der Waals surface area contributed by atoms with Crippen LogP contribution in [-0.2, 0) is 6.61 Å². The molecule has 1 amide bonds. The molecule has 1 aliphatic rings. The zero-order valence-electron chi connectivity index (χ0n) is 14.2. The Bertz CT molecular complexity index is 737. The number of benzene rings is 1. The Morgan fingerprint density at radius 3 is 2.68 bits per heavy atom. The molecule has 3 rings (SSSR count). The van der Waals surface area contributed by atoms with Crippen molar-refractivity contribution in [2.24, 2.45) is 5.92 Å². The molecule has 25 heavy (non-hydrogen) atoms. The van der Waals surface area contributed by atoms with E-state index in [1.54, 1.807) is 36.4 Å². The smallest absolute Gasteiger partial charge is 0.286 e. The highest BCUT2D eigenvalue weighted by atomic mass is 16.5. The van der Waals surface area contributed by atoms with Crippen LogP contribution in [0, 0.1) is 17.2 Å². The van der Waals surface area contributed by atoms with Gasteiger partial charge in [-0.1, -0.05) is 25.7 Å². The van der Waals surface area contributed by atoms with E-state index >= 15 is 0 Å². The van der Waals surface area contributed by atoms with Crippen LogP contribution in [0.3, 0.4) is 0 Å². The lowest BCUT2D eigenvalue weighted by Crippen LogP contribution is -2.25. The van der Waals surface area contributed by atoms with E-state index in [9.17, 15) is 4.79 Å². The van der Waals surface area contributed by atoms with E-state index in [0.29, 0.717) is 29.4 Å². The van der Waals surface area contributed by atoms with E-state index in [0.717, 1.165) is 12.3 Å². The number of carbonyl (C=O) groups is 1. The van der Waals surface area contributed by atoms with Crippen LogP contribution in [0.15, 0.2) is 40.8 Å². The lowest BCUT2D eigenvalue weighted by atomic mass is 10.0. The number of furan rings is 1. The maximum absolute atomic E-state index is 12.1. The minimum Gasteiger partial charge on any atom is -0.486 e. The van der Waals surface area contributed by atoms with Gasteiger partial charge >= 0.3 is 0 Å². The standard InChI is InChI=1S/C20H22N2O3/c21-13-16-5-7-17(8-6-16)24-14-18-9-10-19(25-18)20(23)22-12-11-15-3-1-2-4-15/h5-10,15H,1-4,11-12,14H2,(H,22,23). The third-order valence-electron chi connectivity index (χ3n) is 4.56. The van der Waals surface area contributed by atoms with Gasteiger partial charge in [-0.2, -0.15) is 5.26 Å². The van der Waals surface area contributed by atoms with E-state index in [4.69, 9.17) is 14.4 Å². The van der Waals surface area contributed by atoms with Gasteiger partial charge in [0.1, 0.15) is 18.1 Å². The van der Waals surface area contributed by atoms with Gasteiger partial charge in [0.05, 0.1) is 11.6 Å². The van der Waals surface area contributed by atoms with Gasteiger partial charge < -0.3 is 14.5 Å². The van der Waals surface area contributed by atoms with E-state index in [1.165, 1.54) is 25.7 Å². The molecule has 0 spiro atoms. The van der Waals surface area contributed by atoms with Crippen LogP contribution in [0.25, 0.3) is 0 Å². The molecular weight excluding hydrogens is 316 g/mol. The van der Waals surface area contributed by atoms with Crippen molar-refractivity contribution in [1.82, 2.24) is 5.32 Å². The number of amides is 1. The van der Waals surface area contributed by atoms with Crippen molar-refractivity contribution < 1.29 is 13.9 Å². The molecule has 0 saturated heterocycles. The van der Waals surface area contributed by atoms with E-state index < -0.39 is 0 Å². The number of ether oxygens (including phenoxy) is 1. The zero-order valence-corrected chi connectivity index (χ0v) is 14.2. The van der Waals surface area contributed by atoms with Crippen LogP contribution in [0.2, 0.25) is 0 Å². The average Bonchev–Trinajstić information content (AvgIpc) is 3.32. The second-order valence-electron chi connectivity index (χ2n) is 6.39. The summed E-state index contributed by atoms with van der Waals surface area (Å²) in [5, 5.41) is 11.7. The number of carbonyl (C=O) groups excluding carboxylic acids is 1. The first-order valence-corrected chi connectivity index (χ1v) is 8.74. The van der Waals surface area contributed by atoms with Crippen molar-refractivity contribution in [2.75, 3.05) is 6.54 Å². The molecule has 1 heterocycles. The molecule has 0 bridgehead atoms. The summed E-state index contributed by atoms with van der Waals surface area (Å²) in [5.74, 6) is 2.13. The monoisotopic (exact) mass is 338 g/mol. The number of hydrogen-bond donors (Lipinski definition) is 1. The molecular formula is C20H22N2O3. The van der Waals surface area contributed by atoms with Crippen LogP contribution in [0.1, 0.15) is 54.0 Å². The summed E-state index contributed by atoms with van der Waals surface area (Å²) in [6.07, 6.45) is 6.25. The fourth-order valence-electron chi connectivity index (χ4n) is 3.13. The molecule has 5 heteroatoms. The van der Waals surface area contributed by atoms with Crippen LogP contribution in [0.4, 0.5) is 0 Å². The summed E-state index contributed by atoms with van der Waals surface area (Å²) in [6, 6.07) is 12.3. The maximum Gasteiger partial charge on any atom is 0.286 e. The lowest BCUT2D eigenvalue weighted by molar-refractivity contribution is 0.0919. The van der Waals surface area contributed by atoms with Crippen molar-refractivity contribution in [3.63, 3.8) is 0 Å². The first-order valence-electron chi connectivity index (χ1n) is 8.74. The minimum atomic E-state index is -0.178. The molecule has 1 aromatic heterocycles. The largest absolute Gasteiger partial charge is 0.486 e. The van der Waals surface area contributed by atoms with Gasteiger partial charge in [-0.15, -0.1) is 0 Å². The van der Waals surface area contributed by atoms with E-state index in [-0.39, 0.29) is 12.5 Å². The zero-order chi connectivity index (χ0) is 17.5. The van der Waals surface area contributed by atoms with Crippen LogP contribution in [0.5, 0.6) is 5.75 Å². The fourth-order valence-corrected chi connectivity index (χ4v) is 3.13. The number of hydrogen-bond acceptors (Lipinski definition) is 4. The van der Waals surface area contributed by atoms with Crippen molar-refractivity contribution in [2.45, 2.75) is 38.7 Å². The van der Waals surface area contributed by atoms with Crippen LogP contribution >= 0.6 is 0 Å². The molecule has 130 valence electrons. The number of rotatable bonds is 7. The third kappa shape index (κ3) is 4.87. The molecule has 5 nitrogen and oxygen atoms in total. The number of nitriles is 1. The van der Waals surface area contributed by atoms with Gasteiger partial charge in [-0.05, 0) is 48.7 Å². The van der Waals surface area contributed by atoms with Crippen molar-refractivity contribution >= 4 is 5.91 Å². The first kappa shape index (κ1) is 17.1. The molecule has 1 aromatic carbocycles. The number of nitrogens with zero attached hydrogens (tertiary/aromatic N) is 1. The second kappa shape index (κ2) is 8.39. The van der Waals surface area contributed by atoms with Crippen molar-refractivity contribution in [3.8, 4) is 11.8 Å². The van der Waals surface area contributed by atoms with E-state index in [1.807, 2.05) is 0 Å². The molecule has 0 aliphatic heterocycles. The Balaban J connectivity index is 1.44. The van der Waals surface area contributed by atoms with Gasteiger partial charge in [0.15, 0.2) is 5.76 Å². The Labute approximate surface area is 147 Å². The van der Waals surface area contributed by atoms with Crippen LogP contribution < -0.4 is 10.1 Å². The van der Waals surface area contributed by atoms with Gasteiger partial charge in [-0.25, -0.2) is 0 Å². The summed E-state index contributed by atoms with van der Waals surface area (Å²) < 4.78 is 11.1. The van der Waals surface area contributed by atoms with Crippen LogP contribution in [-0.4, -0.2) is 12.5 Å². The van der Waals surface area contributed by atoms with Gasteiger partial charge in [-0.3, -0.25) is 4.79 Å². The summed E-state index contributed by atoms with van der Waals surface area (Å²) >= 11 is 0. The number of nitrogens with one attached hydrogen (secondary N) is 1. The molecule has 0 radical (unpaired) electrons. The van der Waals surface area contributed by atoms with Crippen molar-refractivity contribution in [3.05, 3.63) is 53.5 Å². The quantitative estimate of drug-likeness (QED) is 0.826. The summed E-state index contributed by atoms with van der Waals surface area (Å²) in [7, 11) is 0. The van der Waals surface area contributed by atoms with Gasteiger partial charge in [0.25, 0.3) is 5.91 Å². The molecule has 1 N–H and O–H groups in total. The molecule has 0 atom stereocenters. The minimum absolute atomic E-state index is 0.178. The first-order chi connectivity index (χ1) is 12.2. The predicted octanol–water partition coefficient (Wildman–Crippen LogP) is 4.04. The molecule has 1 fully saturated rings. The Hall–Kier alpha value is -2.74. The SMILES string of the molecule is N#Cc1ccc(OCc2ccc(C(=O)NCCC3CCCC3)o2)cc1. The normalized spacial score (nSPS) is 14.2. The highest BCUT2D eigenvalue weighted by Crippen LogP contribution is 2.26. The fraction of sp³-hybridized carbons (Fsp3) is 0.400. The average molecular weight is 338 g/mol. The highest BCUT2D eigenvalue weighted by Gasteiger charge is 2.16. The molecule has 1 aliphatic carbocycles. The van der Waals surface area contributed by atoms with Gasteiger partial charge in [0.2, 0.25) is 0 Å². The Morgan fingerprint density at radius 2 is 1.96 bits per heavy atom. The Kier molecular flexibility index (Phi) is 5.73. The summed E-state index contributed by atoms with van der Waals surface area (Å²) in [6.45, 7) is 0.933. The summed E-state index contributed by atoms with van der Waals surface area (Å²) in [5.41, 5.74) is 0.585. The Morgan fingerprint density at radius 1 is 1.20 bits per heavy atom. The molecule has 2 aromatic rings. The molecule has 0 unspecified atom stereocenters. The molecule has 1 saturated carbocycles. The second-order valence-corrected chi connectivity index (χ2v) is 6.39. The topological polar surface area (TPSA) is 75.3 Å². The summed E-state index contributed by atoms with van der Waals surface area (Å²) in [4.78, 5) is 12.1. The van der Waals surface area contributed by atoms with Crippen molar-refractivity contribution in [1.29, 1.82) is 5.26 Å². The van der Waals surface area contributed by atoms with E-state index in [2.05, 4.69) is 11.4 Å².